The average Bonchev–Trinajstić information content (AvgIpc) is 3.13. The maximum absolute atomic E-state index is 12.4. The molecule has 3 heterocycles. The molecule has 0 aliphatic rings. The van der Waals surface area contributed by atoms with E-state index in [1.165, 1.54) is 24.1 Å². The molecule has 3 aromatic rings. The van der Waals surface area contributed by atoms with Crippen LogP contribution in [0.15, 0.2) is 46.3 Å². The van der Waals surface area contributed by atoms with Gasteiger partial charge in [0.25, 0.3) is 11.5 Å². The smallest absolute Gasteiger partial charge is 0.297 e. The molecule has 10 heteroatoms. The lowest BCUT2D eigenvalue weighted by molar-refractivity contribution is 0.101. The van der Waals surface area contributed by atoms with Crippen LogP contribution in [-0.4, -0.2) is 37.8 Å². The first-order chi connectivity index (χ1) is 12.5. The van der Waals surface area contributed by atoms with Crippen LogP contribution in [-0.2, 0) is 13.6 Å². The van der Waals surface area contributed by atoms with E-state index in [-0.39, 0.29) is 17.3 Å². The third-order valence-electron chi connectivity index (χ3n) is 3.66. The molecule has 0 saturated heterocycles. The van der Waals surface area contributed by atoms with E-state index in [9.17, 15) is 14.7 Å². The molecule has 134 valence electrons. The summed E-state index contributed by atoms with van der Waals surface area (Å²) in [6, 6.07) is 3.66. The van der Waals surface area contributed by atoms with Crippen molar-refractivity contribution >= 4 is 17.5 Å². The van der Waals surface area contributed by atoms with Gasteiger partial charge in [-0.15, -0.1) is 0 Å². The molecule has 3 rings (SSSR count). The van der Waals surface area contributed by atoms with Crippen molar-refractivity contribution in [1.29, 1.82) is 0 Å². The summed E-state index contributed by atoms with van der Waals surface area (Å²) in [6.45, 7) is 0.431. The summed E-state index contributed by atoms with van der Waals surface area (Å²) in [6.07, 6.45) is 5.81. The first-order valence-electron chi connectivity index (χ1n) is 7.58. The lowest BCUT2D eigenvalue weighted by Gasteiger charge is -2.21. The van der Waals surface area contributed by atoms with Gasteiger partial charge in [-0.05, 0) is 17.7 Å². The molecule has 0 spiro atoms. The van der Waals surface area contributed by atoms with Crippen LogP contribution < -0.4 is 15.8 Å². The number of rotatable bonds is 5. The Bertz CT molecular complexity index is 968. The van der Waals surface area contributed by atoms with Crippen molar-refractivity contribution in [3.05, 3.63) is 58.6 Å². The van der Waals surface area contributed by atoms with Crippen molar-refractivity contribution in [2.75, 3.05) is 17.3 Å². The highest BCUT2D eigenvalue weighted by Crippen LogP contribution is 2.18. The maximum atomic E-state index is 12.4. The molecule has 10 nitrogen and oxygen atoms in total. The molecule has 1 amide bonds. The molecule has 0 fully saturated rings. The Morgan fingerprint density at radius 1 is 1.38 bits per heavy atom. The molecule has 0 radical (unpaired) electrons. The predicted octanol–water partition coefficient (Wildman–Crippen LogP) is 0.758. The van der Waals surface area contributed by atoms with Gasteiger partial charge in [0.05, 0.1) is 6.20 Å². The van der Waals surface area contributed by atoms with Gasteiger partial charge in [0.2, 0.25) is 11.7 Å². The number of aromatic hydroxyl groups is 1. The van der Waals surface area contributed by atoms with Gasteiger partial charge >= 0.3 is 0 Å². The normalized spacial score (nSPS) is 10.5. The minimum Gasteiger partial charge on any atom is -0.501 e. The Morgan fingerprint density at radius 3 is 2.77 bits per heavy atom. The van der Waals surface area contributed by atoms with E-state index < -0.39 is 17.2 Å². The fourth-order valence-electron chi connectivity index (χ4n) is 2.37. The Balaban J connectivity index is 1.94. The van der Waals surface area contributed by atoms with Crippen molar-refractivity contribution in [3.8, 4) is 5.75 Å². The van der Waals surface area contributed by atoms with Gasteiger partial charge in [0.1, 0.15) is 12.0 Å². The van der Waals surface area contributed by atoms with E-state index in [4.69, 9.17) is 0 Å². The fraction of sp³-hybridized carbons (Fsp3) is 0.188. The van der Waals surface area contributed by atoms with E-state index in [1.807, 2.05) is 12.1 Å². The van der Waals surface area contributed by atoms with Crippen LogP contribution in [0.25, 0.3) is 0 Å². The van der Waals surface area contributed by atoms with Crippen LogP contribution in [0.4, 0.5) is 11.6 Å². The average molecular weight is 356 g/mol. The number of nitrogens with zero attached hydrogens (tertiary/aromatic N) is 5. The monoisotopic (exact) mass is 356 g/mol. The Kier molecular flexibility index (Phi) is 4.65. The molecule has 0 unspecified atom stereocenters. The number of amides is 1. The summed E-state index contributed by atoms with van der Waals surface area (Å²) in [5.74, 6) is -1.26. The predicted molar refractivity (Wildman–Crippen MR) is 91.9 cm³/mol. The number of anilines is 2. The van der Waals surface area contributed by atoms with Gasteiger partial charge in [-0.1, -0.05) is 5.16 Å². The van der Waals surface area contributed by atoms with Crippen LogP contribution in [0.2, 0.25) is 0 Å². The van der Waals surface area contributed by atoms with Gasteiger partial charge in [-0.25, -0.2) is 4.98 Å². The number of carbonyl (C=O) groups excluding carboxylic acids is 1. The van der Waals surface area contributed by atoms with Crippen LogP contribution in [0, 0.1) is 0 Å². The summed E-state index contributed by atoms with van der Waals surface area (Å²) >= 11 is 0. The minimum absolute atomic E-state index is 0.222. The number of hydrogen-bond acceptors (Lipinski definition) is 8. The van der Waals surface area contributed by atoms with Gasteiger partial charge in [-0.3, -0.25) is 19.1 Å². The SMILES string of the molecule is CN(Cc1ccncc1)c1nc(C(=O)Nc2cnoc2)c(O)c(=O)n1C. The van der Waals surface area contributed by atoms with E-state index in [1.54, 1.807) is 24.3 Å². The Morgan fingerprint density at radius 2 is 2.12 bits per heavy atom. The molecule has 0 aliphatic heterocycles. The highest BCUT2D eigenvalue weighted by atomic mass is 16.5. The fourth-order valence-corrected chi connectivity index (χ4v) is 2.37. The molecule has 3 aromatic heterocycles. The summed E-state index contributed by atoms with van der Waals surface area (Å²) in [5.41, 5.74) is 0.113. The van der Waals surface area contributed by atoms with Gasteiger partial charge < -0.3 is 19.8 Å². The quantitative estimate of drug-likeness (QED) is 0.686. The van der Waals surface area contributed by atoms with E-state index in [0.29, 0.717) is 6.54 Å². The zero-order chi connectivity index (χ0) is 18.7. The van der Waals surface area contributed by atoms with E-state index >= 15 is 0 Å². The second-order valence-electron chi connectivity index (χ2n) is 5.55. The first-order valence-corrected chi connectivity index (χ1v) is 7.58. The molecule has 0 bridgehead atoms. The van der Waals surface area contributed by atoms with Crippen molar-refractivity contribution in [2.45, 2.75) is 6.54 Å². The molecule has 0 saturated carbocycles. The zero-order valence-corrected chi connectivity index (χ0v) is 14.1. The highest BCUT2D eigenvalue weighted by Gasteiger charge is 2.22. The summed E-state index contributed by atoms with van der Waals surface area (Å²) in [5, 5.41) is 16.0. The summed E-state index contributed by atoms with van der Waals surface area (Å²) < 4.78 is 5.80. The standard InChI is InChI=1S/C16H16N6O4/c1-21(8-10-3-5-17-6-4-10)16-20-12(13(23)15(25)22(16)2)14(24)19-11-7-18-26-9-11/h3-7,9,23H,8H2,1-2H3,(H,19,24). The van der Waals surface area contributed by atoms with Crippen molar-refractivity contribution < 1.29 is 14.4 Å². The molecule has 0 aliphatic carbocycles. The number of pyridine rings is 1. The van der Waals surface area contributed by atoms with Crippen LogP contribution in [0.5, 0.6) is 5.75 Å². The summed E-state index contributed by atoms with van der Waals surface area (Å²) in [4.78, 5) is 34.5. The summed E-state index contributed by atoms with van der Waals surface area (Å²) in [7, 11) is 3.19. The number of carbonyl (C=O) groups is 1. The maximum Gasteiger partial charge on any atom is 0.297 e. The highest BCUT2D eigenvalue weighted by molar-refractivity contribution is 6.04. The molecule has 2 N–H and O–H groups in total. The topological polar surface area (TPSA) is 126 Å². The molecule has 0 atom stereocenters. The van der Waals surface area contributed by atoms with Crippen LogP contribution in [0.1, 0.15) is 16.1 Å². The van der Waals surface area contributed by atoms with Gasteiger partial charge in [0, 0.05) is 33.0 Å². The van der Waals surface area contributed by atoms with Crippen LogP contribution >= 0.6 is 0 Å². The molecule has 26 heavy (non-hydrogen) atoms. The lowest BCUT2D eigenvalue weighted by atomic mass is 10.2. The number of nitrogens with one attached hydrogen (secondary N) is 1. The van der Waals surface area contributed by atoms with E-state index in [2.05, 4.69) is 25.0 Å². The molecule has 0 aromatic carbocycles. The van der Waals surface area contributed by atoms with Crippen molar-refractivity contribution in [1.82, 2.24) is 19.7 Å². The second-order valence-corrected chi connectivity index (χ2v) is 5.55. The third-order valence-corrected chi connectivity index (χ3v) is 3.66. The lowest BCUT2D eigenvalue weighted by Crippen LogP contribution is -2.31. The Labute approximate surface area is 147 Å². The first kappa shape index (κ1) is 17.1. The van der Waals surface area contributed by atoms with Crippen molar-refractivity contribution in [2.24, 2.45) is 7.05 Å². The van der Waals surface area contributed by atoms with Gasteiger partial charge in [0.15, 0.2) is 5.69 Å². The second kappa shape index (κ2) is 7.05. The number of hydrogen-bond donors (Lipinski definition) is 2. The van der Waals surface area contributed by atoms with Crippen molar-refractivity contribution in [3.63, 3.8) is 0 Å². The van der Waals surface area contributed by atoms with Gasteiger partial charge in [-0.2, -0.15) is 0 Å². The zero-order valence-electron chi connectivity index (χ0n) is 14.1. The van der Waals surface area contributed by atoms with Crippen LogP contribution in [0.3, 0.4) is 0 Å². The Hall–Kier alpha value is -3.69. The molecular formula is C16H16N6O4. The third kappa shape index (κ3) is 3.38. The molecular weight excluding hydrogens is 340 g/mol. The number of aromatic nitrogens is 4. The minimum atomic E-state index is -0.748. The van der Waals surface area contributed by atoms with E-state index in [0.717, 1.165) is 5.56 Å². The largest absolute Gasteiger partial charge is 0.501 e.